The van der Waals surface area contributed by atoms with Crippen LogP contribution in [0.25, 0.3) is 0 Å². The molecule has 2 N–H and O–H groups in total. The van der Waals surface area contributed by atoms with Gasteiger partial charge in [0.25, 0.3) is 0 Å². The SMILES string of the molecule is Cn1cc(CC(=O)CN)cn1. The molecule has 11 heavy (non-hydrogen) atoms. The third-order valence-corrected chi connectivity index (χ3v) is 1.39. The first-order valence-electron chi connectivity index (χ1n) is 3.41. The highest BCUT2D eigenvalue weighted by molar-refractivity contribution is 5.82. The highest BCUT2D eigenvalue weighted by atomic mass is 16.1. The maximum atomic E-state index is 10.8. The lowest BCUT2D eigenvalue weighted by Gasteiger charge is -1.91. The molecule has 60 valence electrons. The average molecular weight is 153 g/mol. The standard InChI is InChI=1S/C7H11N3O/c1-10-5-6(4-9-10)2-7(11)3-8/h4-5H,2-3,8H2,1H3. The van der Waals surface area contributed by atoms with Crippen LogP contribution in [0.3, 0.4) is 0 Å². The van der Waals surface area contributed by atoms with Gasteiger partial charge in [-0.1, -0.05) is 0 Å². The smallest absolute Gasteiger partial charge is 0.150 e. The lowest BCUT2D eigenvalue weighted by Crippen LogP contribution is -2.15. The van der Waals surface area contributed by atoms with Gasteiger partial charge in [0.2, 0.25) is 0 Å². The zero-order chi connectivity index (χ0) is 8.27. The van der Waals surface area contributed by atoms with E-state index in [2.05, 4.69) is 5.10 Å². The molecule has 1 aromatic heterocycles. The summed E-state index contributed by atoms with van der Waals surface area (Å²) >= 11 is 0. The van der Waals surface area contributed by atoms with E-state index >= 15 is 0 Å². The Kier molecular flexibility index (Phi) is 2.38. The number of carbonyl (C=O) groups excluding carboxylic acids is 1. The van der Waals surface area contributed by atoms with E-state index in [1.807, 2.05) is 13.2 Å². The van der Waals surface area contributed by atoms with E-state index in [0.717, 1.165) is 5.56 Å². The number of carbonyl (C=O) groups is 1. The second-order valence-corrected chi connectivity index (χ2v) is 2.44. The molecule has 1 aromatic rings. The summed E-state index contributed by atoms with van der Waals surface area (Å²) in [5, 5.41) is 3.93. The molecule has 1 heterocycles. The minimum Gasteiger partial charge on any atom is -0.324 e. The highest BCUT2D eigenvalue weighted by Gasteiger charge is 2.01. The Morgan fingerprint density at radius 3 is 3.00 bits per heavy atom. The zero-order valence-corrected chi connectivity index (χ0v) is 6.45. The zero-order valence-electron chi connectivity index (χ0n) is 6.45. The molecule has 0 spiro atoms. The summed E-state index contributed by atoms with van der Waals surface area (Å²) in [6, 6.07) is 0. The fourth-order valence-electron chi connectivity index (χ4n) is 0.863. The van der Waals surface area contributed by atoms with Crippen LogP contribution in [0.4, 0.5) is 0 Å². The predicted molar refractivity (Wildman–Crippen MR) is 41.0 cm³/mol. The molecule has 0 unspecified atom stereocenters. The summed E-state index contributed by atoms with van der Waals surface area (Å²) in [6.45, 7) is 0.106. The Morgan fingerprint density at radius 2 is 2.55 bits per heavy atom. The van der Waals surface area contributed by atoms with Gasteiger partial charge in [-0.15, -0.1) is 0 Å². The van der Waals surface area contributed by atoms with Gasteiger partial charge in [0.1, 0.15) is 0 Å². The van der Waals surface area contributed by atoms with Crippen molar-refractivity contribution in [3.63, 3.8) is 0 Å². The second kappa shape index (κ2) is 3.30. The van der Waals surface area contributed by atoms with Crippen LogP contribution in [0, 0.1) is 0 Å². The molecule has 0 atom stereocenters. The molecule has 0 aliphatic heterocycles. The molecule has 0 radical (unpaired) electrons. The largest absolute Gasteiger partial charge is 0.324 e. The number of nitrogens with two attached hydrogens (primary N) is 1. The molecule has 1 rings (SSSR count). The van der Waals surface area contributed by atoms with Crippen molar-refractivity contribution in [2.75, 3.05) is 6.54 Å². The van der Waals surface area contributed by atoms with Crippen molar-refractivity contribution in [1.29, 1.82) is 0 Å². The van der Waals surface area contributed by atoms with Crippen LogP contribution in [0.15, 0.2) is 12.4 Å². The maximum absolute atomic E-state index is 10.8. The van der Waals surface area contributed by atoms with Gasteiger partial charge in [-0.2, -0.15) is 5.10 Å². The molecule has 4 nitrogen and oxygen atoms in total. The lowest BCUT2D eigenvalue weighted by molar-refractivity contribution is -0.117. The quantitative estimate of drug-likeness (QED) is 0.636. The van der Waals surface area contributed by atoms with Crippen molar-refractivity contribution < 1.29 is 4.79 Å². The van der Waals surface area contributed by atoms with Crippen LogP contribution in [0.1, 0.15) is 5.56 Å². The molecular formula is C7H11N3O. The van der Waals surface area contributed by atoms with Gasteiger partial charge in [0, 0.05) is 19.7 Å². The summed E-state index contributed by atoms with van der Waals surface area (Å²) in [5.74, 6) is 0.0398. The molecule has 4 heteroatoms. The predicted octanol–water partition coefficient (Wildman–Crippen LogP) is -0.510. The maximum Gasteiger partial charge on any atom is 0.150 e. The van der Waals surface area contributed by atoms with Gasteiger partial charge in [-0.05, 0) is 5.56 Å². The van der Waals surface area contributed by atoms with E-state index in [4.69, 9.17) is 5.73 Å². The molecule has 0 amide bonds. The molecular weight excluding hydrogens is 142 g/mol. The molecule has 0 saturated carbocycles. The van der Waals surface area contributed by atoms with E-state index < -0.39 is 0 Å². The Labute approximate surface area is 65.0 Å². The van der Waals surface area contributed by atoms with E-state index in [0.29, 0.717) is 6.42 Å². The van der Waals surface area contributed by atoms with Gasteiger partial charge >= 0.3 is 0 Å². The number of hydrogen-bond donors (Lipinski definition) is 1. The number of Topliss-reactive ketones (excluding diaryl/α,β-unsaturated/α-hetero) is 1. The summed E-state index contributed by atoms with van der Waals surface area (Å²) in [5.41, 5.74) is 6.07. The van der Waals surface area contributed by atoms with Crippen LogP contribution < -0.4 is 5.73 Å². The van der Waals surface area contributed by atoms with Crippen LogP contribution >= 0.6 is 0 Å². The summed E-state index contributed by atoms with van der Waals surface area (Å²) in [4.78, 5) is 10.8. The fourth-order valence-corrected chi connectivity index (χ4v) is 0.863. The van der Waals surface area contributed by atoms with Gasteiger partial charge in [0.05, 0.1) is 12.7 Å². The Morgan fingerprint density at radius 1 is 1.82 bits per heavy atom. The average Bonchev–Trinajstić information content (AvgIpc) is 2.35. The molecule has 0 saturated heterocycles. The molecule has 0 aromatic carbocycles. The molecule has 0 aliphatic carbocycles. The number of rotatable bonds is 3. The summed E-state index contributed by atoms with van der Waals surface area (Å²) in [7, 11) is 1.82. The summed E-state index contributed by atoms with van der Waals surface area (Å²) in [6.07, 6.45) is 3.88. The van der Waals surface area contributed by atoms with Gasteiger partial charge in [-0.25, -0.2) is 0 Å². The molecule has 0 aliphatic rings. The summed E-state index contributed by atoms with van der Waals surface area (Å²) < 4.78 is 1.67. The van der Waals surface area contributed by atoms with E-state index in [1.54, 1.807) is 10.9 Å². The monoisotopic (exact) mass is 153 g/mol. The third kappa shape index (κ3) is 2.16. The molecule has 0 fully saturated rings. The number of aromatic nitrogens is 2. The molecule has 0 bridgehead atoms. The number of nitrogens with zero attached hydrogens (tertiary/aromatic N) is 2. The number of aryl methyl sites for hydroxylation is 1. The van der Waals surface area contributed by atoms with Crippen molar-refractivity contribution in [3.8, 4) is 0 Å². The number of hydrogen-bond acceptors (Lipinski definition) is 3. The van der Waals surface area contributed by atoms with Crippen molar-refractivity contribution in [2.24, 2.45) is 12.8 Å². The topological polar surface area (TPSA) is 60.9 Å². The van der Waals surface area contributed by atoms with Crippen LogP contribution in [-0.4, -0.2) is 22.1 Å². The van der Waals surface area contributed by atoms with Crippen molar-refractivity contribution >= 4 is 5.78 Å². The van der Waals surface area contributed by atoms with Crippen molar-refractivity contribution in [3.05, 3.63) is 18.0 Å². The second-order valence-electron chi connectivity index (χ2n) is 2.44. The van der Waals surface area contributed by atoms with Crippen LogP contribution in [0.5, 0.6) is 0 Å². The fraction of sp³-hybridized carbons (Fsp3) is 0.429. The first-order valence-corrected chi connectivity index (χ1v) is 3.41. The van der Waals surface area contributed by atoms with E-state index in [1.165, 1.54) is 0 Å². The number of ketones is 1. The lowest BCUT2D eigenvalue weighted by atomic mass is 10.2. The van der Waals surface area contributed by atoms with Gasteiger partial charge in [0.15, 0.2) is 5.78 Å². The Balaban J connectivity index is 2.57. The van der Waals surface area contributed by atoms with Gasteiger partial charge < -0.3 is 5.73 Å². The third-order valence-electron chi connectivity index (χ3n) is 1.39. The Hall–Kier alpha value is -1.16. The van der Waals surface area contributed by atoms with E-state index in [9.17, 15) is 4.79 Å². The van der Waals surface area contributed by atoms with Gasteiger partial charge in [-0.3, -0.25) is 9.48 Å². The first kappa shape index (κ1) is 7.94. The van der Waals surface area contributed by atoms with Crippen molar-refractivity contribution in [2.45, 2.75) is 6.42 Å². The first-order chi connectivity index (χ1) is 5.22. The minimum absolute atomic E-state index is 0.0398. The van der Waals surface area contributed by atoms with Crippen LogP contribution in [0.2, 0.25) is 0 Å². The minimum atomic E-state index is 0.0398. The normalized spacial score (nSPS) is 10.0. The highest BCUT2D eigenvalue weighted by Crippen LogP contribution is 1.96. The van der Waals surface area contributed by atoms with Crippen molar-refractivity contribution in [1.82, 2.24) is 9.78 Å². The van der Waals surface area contributed by atoms with Crippen LogP contribution in [-0.2, 0) is 18.3 Å². The Bertz CT molecular complexity index is 254. The van der Waals surface area contributed by atoms with E-state index in [-0.39, 0.29) is 12.3 Å².